The Bertz CT molecular complexity index is 532. The maximum Gasteiger partial charge on any atom is 0.150 e. The standard InChI is InChI=1S/C16H20F2N2/c17-14-7-15(16(18)13-4-2-1-3-12(13)14)20-8-10-5-6-11(9-20)19-10/h7,10-11,19H,1-6,8-9H2. The Morgan fingerprint density at radius 2 is 1.65 bits per heavy atom. The molecule has 1 aromatic rings. The van der Waals surface area contributed by atoms with Crippen LogP contribution in [0.1, 0.15) is 36.8 Å². The Morgan fingerprint density at radius 1 is 1.00 bits per heavy atom. The van der Waals surface area contributed by atoms with Gasteiger partial charge in [0, 0.05) is 31.2 Å². The number of nitrogens with one attached hydrogen (secondary N) is 1. The number of anilines is 1. The molecule has 2 fully saturated rings. The van der Waals surface area contributed by atoms with Crippen LogP contribution in [0, 0.1) is 11.6 Å². The summed E-state index contributed by atoms with van der Waals surface area (Å²) in [5.41, 5.74) is 1.74. The number of fused-ring (bicyclic) bond motifs is 3. The van der Waals surface area contributed by atoms with Crippen LogP contribution >= 0.6 is 0 Å². The smallest absolute Gasteiger partial charge is 0.150 e. The average molecular weight is 278 g/mol. The van der Waals surface area contributed by atoms with E-state index in [1.165, 1.54) is 6.07 Å². The molecule has 0 aromatic heterocycles. The fourth-order valence-electron chi connectivity index (χ4n) is 4.06. The van der Waals surface area contributed by atoms with Crippen molar-refractivity contribution in [3.05, 3.63) is 28.8 Å². The van der Waals surface area contributed by atoms with E-state index in [1.807, 2.05) is 4.90 Å². The van der Waals surface area contributed by atoms with Crippen molar-refractivity contribution in [2.24, 2.45) is 0 Å². The lowest BCUT2D eigenvalue weighted by Crippen LogP contribution is -2.51. The van der Waals surface area contributed by atoms with Gasteiger partial charge in [-0.2, -0.15) is 0 Å². The third-order valence-corrected chi connectivity index (χ3v) is 5.07. The van der Waals surface area contributed by atoms with Crippen molar-refractivity contribution >= 4 is 5.69 Å². The first-order chi connectivity index (χ1) is 9.72. The summed E-state index contributed by atoms with van der Waals surface area (Å²) < 4.78 is 29.0. The van der Waals surface area contributed by atoms with Crippen LogP contribution in [0.3, 0.4) is 0 Å². The lowest BCUT2D eigenvalue weighted by atomic mass is 9.90. The molecule has 0 saturated carbocycles. The Balaban J connectivity index is 1.73. The highest BCUT2D eigenvalue weighted by atomic mass is 19.1. The van der Waals surface area contributed by atoms with Crippen LogP contribution < -0.4 is 10.2 Å². The van der Waals surface area contributed by atoms with Crippen LogP contribution in [0.4, 0.5) is 14.5 Å². The van der Waals surface area contributed by atoms with Crippen LogP contribution in [0.2, 0.25) is 0 Å². The zero-order valence-electron chi connectivity index (χ0n) is 11.6. The van der Waals surface area contributed by atoms with Gasteiger partial charge in [-0.05, 0) is 49.7 Å². The van der Waals surface area contributed by atoms with Crippen LogP contribution in [-0.4, -0.2) is 25.2 Å². The maximum atomic E-state index is 14.8. The van der Waals surface area contributed by atoms with Gasteiger partial charge in [0.2, 0.25) is 0 Å². The molecule has 0 spiro atoms. The lowest BCUT2D eigenvalue weighted by Gasteiger charge is -2.35. The van der Waals surface area contributed by atoms with Gasteiger partial charge < -0.3 is 10.2 Å². The van der Waals surface area contributed by atoms with E-state index in [1.54, 1.807) is 0 Å². The fourth-order valence-corrected chi connectivity index (χ4v) is 4.06. The van der Waals surface area contributed by atoms with E-state index in [2.05, 4.69) is 5.32 Å². The Kier molecular flexibility index (Phi) is 2.95. The summed E-state index contributed by atoms with van der Waals surface area (Å²) in [4.78, 5) is 2.05. The number of nitrogens with zero attached hydrogens (tertiary/aromatic N) is 1. The van der Waals surface area contributed by atoms with Gasteiger partial charge in [-0.1, -0.05) is 0 Å². The number of hydrogen-bond donors (Lipinski definition) is 1. The van der Waals surface area contributed by atoms with E-state index < -0.39 is 0 Å². The SMILES string of the molecule is Fc1cc(N2CC3CCC(C2)N3)c(F)c2c1CCCC2. The summed E-state index contributed by atoms with van der Waals surface area (Å²) in [5, 5.41) is 3.53. The molecule has 3 aliphatic rings. The number of halogens is 2. The van der Waals surface area contributed by atoms with Crippen molar-refractivity contribution < 1.29 is 8.78 Å². The van der Waals surface area contributed by atoms with Crippen molar-refractivity contribution in [1.82, 2.24) is 5.32 Å². The predicted octanol–water partition coefficient (Wildman–Crippen LogP) is 2.78. The van der Waals surface area contributed by atoms with E-state index in [4.69, 9.17) is 0 Å². The first kappa shape index (κ1) is 12.6. The molecule has 0 radical (unpaired) electrons. The molecule has 2 unspecified atom stereocenters. The predicted molar refractivity (Wildman–Crippen MR) is 75.2 cm³/mol. The van der Waals surface area contributed by atoms with Gasteiger partial charge in [0.15, 0.2) is 0 Å². The molecule has 20 heavy (non-hydrogen) atoms. The highest BCUT2D eigenvalue weighted by Crippen LogP contribution is 2.34. The molecule has 108 valence electrons. The van der Waals surface area contributed by atoms with Gasteiger partial charge in [0.05, 0.1) is 5.69 Å². The minimum atomic E-state index is -0.207. The van der Waals surface area contributed by atoms with Gasteiger partial charge in [-0.3, -0.25) is 0 Å². The van der Waals surface area contributed by atoms with Gasteiger partial charge in [-0.15, -0.1) is 0 Å². The number of benzene rings is 1. The first-order valence-corrected chi connectivity index (χ1v) is 7.73. The molecular weight excluding hydrogens is 258 g/mol. The summed E-state index contributed by atoms with van der Waals surface area (Å²) in [6.45, 7) is 1.59. The molecule has 2 atom stereocenters. The molecule has 4 rings (SSSR count). The van der Waals surface area contributed by atoms with Gasteiger partial charge in [-0.25, -0.2) is 8.78 Å². The second-order valence-electron chi connectivity index (χ2n) is 6.40. The summed E-state index contributed by atoms with van der Waals surface area (Å²) in [6.07, 6.45) is 5.61. The number of piperazine rings is 1. The molecule has 2 aliphatic heterocycles. The molecule has 2 saturated heterocycles. The maximum absolute atomic E-state index is 14.8. The lowest BCUT2D eigenvalue weighted by molar-refractivity contribution is 0.456. The molecule has 1 aliphatic carbocycles. The second kappa shape index (κ2) is 4.69. The van der Waals surface area contributed by atoms with Crippen LogP contribution in [0.25, 0.3) is 0 Å². The van der Waals surface area contributed by atoms with Crippen LogP contribution in [0.5, 0.6) is 0 Å². The minimum absolute atomic E-state index is 0.164. The monoisotopic (exact) mass is 278 g/mol. The van der Waals surface area contributed by atoms with Gasteiger partial charge >= 0.3 is 0 Å². The Hall–Kier alpha value is -1.16. The number of rotatable bonds is 1. The molecule has 4 heteroatoms. The molecular formula is C16H20F2N2. The van der Waals surface area contributed by atoms with E-state index in [9.17, 15) is 8.78 Å². The van der Waals surface area contributed by atoms with Crippen molar-refractivity contribution in [3.63, 3.8) is 0 Å². The third-order valence-electron chi connectivity index (χ3n) is 5.07. The van der Waals surface area contributed by atoms with E-state index in [-0.39, 0.29) is 11.6 Å². The summed E-state index contributed by atoms with van der Waals surface area (Å²) in [6, 6.07) is 2.31. The zero-order chi connectivity index (χ0) is 13.7. The van der Waals surface area contributed by atoms with E-state index in [0.717, 1.165) is 38.8 Å². The molecule has 2 bridgehead atoms. The minimum Gasteiger partial charge on any atom is -0.366 e. The summed E-state index contributed by atoms with van der Waals surface area (Å²) in [5.74, 6) is -0.371. The Labute approximate surface area is 118 Å². The average Bonchev–Trinajstić information content (AvgIpc) is 2.81. The van der Waals surface area contributed by atoms with Crippen LogP contribution in [-0.2, 0) is 12.8 Å². The highest BCUT2D eigenvalue weighted by molar-refractivity contribution is 5.55. The molecule has 1 aromatic carbocycles. The van der Waals surface area contributed by atoms with Crippen molar-refractivity contribution in [1.29, 1.82) is 0 Å². The zero-order valence-corrected chi connectivity index (χ0v) is 11.6. The van der Waals surface area contributed by atoms with Crippen LogP contribution in [0.15, 0.2) is 6.07 Å². The quantitative estimate of drug-likeness (QED) is 0.850. The molecule has 0 amide bonds. The third kappa shape index (κ3) is 1.93. The van der Waals surface area contributed by atoms with Crippen molar-refractivity contribution in [3.8, 4) is 0 Å². The topological polar surface area (TPSA) is 15.3 Å². The van der Waals surface area contributed by atoms with Gasteiger partial charge in [0.1, 0.15) is 11.6 Å². The largest absolute Gasteiger partial charge is 0.366 e. The molecule has 2 nitrogen and oxygen atoms in total. The fraction of sp³-hybridized carbons (Fsp3) is 0.625. The van der Waals surface area contributed by atoms with Gasteiger partial charge in [0.25, 0.3) is 0 Å². The van der Waals surface area contributed by atoms with E-state index in [0.29, 0.717) is 41.7 Å². The first-order valence-electron chi connectivity index (χ1n) is 7.73. The highest BCUT2D eigenvalue weighted by Gasteiger charge is 2.34. The number of hydrogen-bond acceptors (Lipinski definition) is 2. The second-order valence-corrected chi connectivity index (χ2v) is 6.40. The normalized spacial score (nSPS) is 28.6. The van der Waals surface area contributed by atoms with E-state index >= 15 is 0 Å². The van der Waals surface area contributed by atoms with Crippen molar-refractivity contribution in [2.75, 3.05) is 18.0 Å². The van der Waals surface area contributed by atoms with Crippen molar-refractivity contribution in [2.45, 2.75) is 50.6 Å². The summed E-state index contributed by atoms with van der Waals surface area (Å²) in [7, 11) is 0. The molecule has 2 heterocycles. The summed E-state index contributed by atoms with van der Waals surface area (Å²) >= 11 is 0. The molecule has 1 N–H and O–H groups in total. The Morgan fingerprint density at radius 3 is 2.35 bits per heavy atom.